The van der Waals surface area contributed by atoms with Gasteiger partial charge in [0.1, 0.15) is 5.56 Å². The molecular formula is C21H25F3N8O2S. The topological polar surface area (TPSA) is 111 Å². The van der Waals surface area contributed by atoms with Crippen molar-refractivity contribution < 1.29 is 21.6 Å². The van der Waals surface area contributed by atoms with Gasteiger partial charge in [0.2, 0.25) is 5.95 Å². The summed E-state index contributed by atoms with van der Waals surface area (Å²) in [6, 6.07) is -0.188. The first-order valence-corrected chi connectivity index (χ1v) is 12.8. The molecule has 1 aliphatic carbocycles. The molecule has 0 radical (unpaired) electrons. The number of sulfonamides is 1. The van der Waals surface area contributed by atoms with Gasteiger partial charge < -0.3 is 9.88 Å². The van der Waals surface area contributed by atoms with Gasteiger partial charge in [0.25, 0.3) is 10.0 Å². The average molecular weight is 511 g/mol. The van der Waals surface area contributed by atoms with Crippen LogP contribution >= 0.6 is 0 Å². The fraction of sp³-hybridized carbons (Fsp3) is 0.524. The van der Waals surface area contributed by atoms with Gasteiger partial charge in [-0.05, 0) is 31.6 Å². The summed E-state index contributed by atoms with van der Waals surface area (Å²) in [5.41, 5.74) is -0.878. The van der Waals surface area contributed by atoms with Gasteiger partial charge >= 0.3 is 6.18 Å². The fourth-order valence-electron chi connectivity index (χ4n) is 4.11. The van der Waals surface area contributed by atoms with E-state index in [0.717, 1.165) is 19.0 Å². The Bertz CT molecular complexity index is 1310. The van der Waals surface area contributed by atoms with Gasteiger partial charge in [-0.3, -0.25) is 4.68 Å². The summed E-state index contributed by atoms with van der Waals surface area (Å²) in [5.74, 6) is 0.591. The molecule has 2 fully saturated rings. The van der Waals surface area contributed by atoms with Crippen LogP contribution in [0.4, 0.5) is 19.1 Å². The lowest BCUT2D eigenvalue weighted by Gasteiger charge is -2.31. The number of hydrogen-bond acceptors (Lipinski definition) is 7. The van der Waals surface area contributed by atoms with E-state index >= 15 is 0 Å². The Hall–Kier alpha value is -3.00. The number of nitrogens with zero attached hydrogens (tertiary/aromatic N) is 7. The van der Waals surface area contributed by atoms with E-state index in [1.54, 1.807) is 22.5 Å². The van der Waals surface area contributed by atoms with E-state index < -0.39 is 21.8 Å². The molecule has 14 heteroatoms. The van der Waals surface area contributed by atoms with Crippen LogP contribution in [0.1, 0.15) is 31.2 Å². The molecular weight excluding hydrogens is 485 g/mol. The van der Waals surface area contributed by atoms with Crippen molar-refractivity contribution in [3.05, 3.63) is 36.7 Å². The molecule has 0 bridgehead atoms. The summed E-state index contributed by atoms with van der Waals surface area (Å²) >= 11 is 0. The second-order valence-corrected chi connectivity index (χ2v) is 10.9. The third-order valence-corrected chi connectivity index (χ3v) is 8.00. The zero-order valence-electron chi connectivity index (χ0n) is 19.0. The maximum absolute atomic E-state index is 13.7. The van der Waals surface area contributed by atoms with E-state index in [-0.39, 0.29) is 41.4 Å². The van der Waals surface area contributed by atoms with Gasteiger partial charge in [0.15, 0.2) is 5.03 Å². The number of alkyl halides is 3. The Morgan fingerprint density at radius 2 is 1.83 bits per heavy atom. The number of piperidine rings is 1. The summed E-state index contributed by atoms with van der Waals surface area (Å²) in [5, 5.41) is 7.27. The predicted molar refractivity (Wildman–Crippen MR) is 120 cm³/mol. The Morgan fingerprint density at radius 1 is 1.09 bits per heavy atom. The summed E-state index contributed by atoms with van der Waals surface area (Å²) < 4.78 is 71.1. The standard InChI is InChI=1S/C21H25F3N8O2S/c1-30-12-18(26-13-30)35(33,34)32-6-4-16(5-7-32)28-20-25-9-17(21(22,23)24)19(29-20)15-8-27-31(11-15)10-14-2-3-14/h8-9,11-14,16H,2-7,10H2,1H3,(H,25,28,29). The number of rotatable bonds is 7. The van der Waals surface area contributed by atoms with Crippen LogP contribution in [0.5, 0.6) is 0 Å². The van der Waals surface area contributed by atoms with Crippen molar-refractivity contribution in [2.24, 2.45) is 13.0 Å². The summed E-state index contributed by atoms with van der Waals surface area (Å²) in [6.07, 6.45) is 5.13. The van der Waals surface area contributed by atoms with Crippen LogP contribution in [0.2, 0.25) is 0 Å². The molecule has 0 amide bonds. The molecule has 188 valence electrons. The lowest BCUT2D eigenvalue weighted by molar-refractivity contribution is -0.137. The van der Waals surface area contributed by atoms with Crippen molar-refractivity contribution >= 4 is 16.0 Å². The van der Waals surface area contributed by atoms with Crippen molar-refractivity contribution in [3.63, 3.8) is 0 Å². The zero-order valence-corrected chi connectivity index (χ0v) is 19.8. The number of imidazole rings is 1. The van der Waals surface area contributed by atoms with Crippen LogP contribution in [0.15, 0.2) is 36.1 Å². The highest BCUT2D eigenvalue weighted by molar-refractivity contribution is 7.89. The van der Waals surface area contributed by atoms with E-state index in [1.807, 2.05) is 0 Å². The molecule has 35 heavy (non-hydrogen) atoms. The predicted octanol–water partition coefficient (Wildman–Crippen LogP) is 2.77. The largest absolute Gasteiger partial charge is 0.419 e. The van der Waals surface area contributed by atoms with Crippen LogP contribution in [0.3, 0.4) is 0 Å². The first kappa shape index (κ1) is 23.7. The normalized spacial score (nSPS) is 18.2. The average Bonchev–Trinajstić information content (AvgIpc) is 3.30. The molecule has 3 aromatic heterocycles. The van der Waals surface area contributed by atoms with Crippen LogP contribution in [0.25, 0.3) is 11.3 Å². The van der Waals surface area contributed by atoms with Crippen molar-refractivity contribution in [3.8, 4) is 11.3 Å². The lowest BCUT2D eigenvalue weighted by Crippen LogP contribution is -2.42. The third-order valence-electron chi connectivity index (χ3n) is 6.22. The Labute approximate surface area is 200 Å². The molecule has 1 aliphatic heterocycles. The number of halogens is 3. The monoisotopic (exact) mass is 510 g/mol. The number of aryl methyl sites for hydroxylation is 1. The Morgan fingerprint density at radius 3 is 2.46 bits per heavy atom. The molecule has 5 rings (SSSR count). The van der Waals surface area contributed by atoms with E-state index in [9.17, 15) is 21.6 Å². The van der Waals surface area contributed by atoms with Crippen LogP contribution in [-0.2, 0) is 29.8 Å². The zero-order chi connectivity index (χ0) is 24.8. The molecule has 10 nitrogen and oxygen atoms in total. The first-order valence-electron chi connectivity index (χ1n) is 11.3. The molecule has 0 spiro atoms. The molecule has 3 aromatic rings. The van der Waals surface area contributed by atoms with E-state index in [2.05, 4.69) is 25.4 Å². The molecule has 0 atom stereocenters. The third kappa shape index (κ3) is 5.17. The van der Waals surface area contributed by atoms with Crippen molar-refractivity contribution in [2.75, 3.05) is 18.4 Å². The summed E-state index contributed by atoms with van der Waals surface area (Å²) in [6.45, 7) is 1.17. The molecule has 1 saturated heterocycles. The van der Waals surface area contributed by atoms with Gasteiger partial charge in [0.05, 0.1) is 18.2 Å². The highest BCUT2D eigenvalue weighted by Gasteiger charge is 2.36. The second kappa shape index (κ2) is 8.90. The SMILES string of the molecule is Cn1cnc(S(=O)(=O)N2CCC(Nc3ncc(C(F)(F)F)c(-c4cnn(CC5CC5)c4)n3)CC2)c1. The second-order valence-electron chi connectivity index (χ2n) is 9.05. The van der Waals surface area contributed by atoms with Crippen LogP contribution < -0.4 is 5.32 Å². The van der Waals surface area contributed by atoms with Gasteiger partial charge in [-0.15, -0.1) is 0 Å². The Balaban J connectivity index is 1.30. The minimum absolute atomic E-state index is 0.00986. The highest BCUT2D eigenvalue weighted by atomic mass is 32.2. The quantitative estimate of drug-likeness (QED) is 0.520. The lowest BCUT2D eigenvalue weighted by atomic mass is 10.1. The van der Waals surface area contributed by atoms with Crippen molar-refractivity contribution in [1.29, 1.82) is 0 Å². The highest BCUT2D eigenvalue weighted by Crippen LogP contribution is 2.37. The minimum Gasteiger partial charge on any atom is -0.351 e. The van der Waals surface area contributed by atoms with Gasteiger partial charge in [0, 0.05) is 56.9 Å². The minimum atomic E-state index is -4.61. The molecule has 0 unspecified atom stereocenters. The van der Waals surface area contributed by atoms with Gasteiger partial charge in [-0.1, -0.05) is 0 Å². The molecule has 1 saturated carbocycles. The van der Waals surface area contributed by atoms with E-state index in [1.165, 1.54) is 23.0 Å². The first-order chi connectivity index (χ1) is 16.6. The fourth-order valence-corrected chi connectivity index (χ4v) is 5.54. The van der Waals surface area contributed by atoms with Crippen molar-refractivity contribution in [2.45, 2.75) is 49.5 Å². The van der Waals surface area contributed by atoms with Crippen molar-refractivity contribution in [1.82, 2.24) is 33.6 Å². The maximum atomic E-state index is 13.7. The number of aromatic nitrogens is 6. The van der Waals surface area contributed by atoms with Gasteiger partial charge in [-0.2, -0.15) is 22.6 Å². The smallest absolute Gasteiger partial charge is 0.351 e. The molecule has 4 heterocycles. The Kier molecular flexibility index (Phi) is 6.03. The number of hydrogen-bond donors (Lipinski definition) is 1. The molecule has 2 aliphatic rings. The van der Waals surface area contributed by atoms with Gasteiger partial charge in [-0.25, -0.2) is 23.4 Å². The van der Waals surface area contributed by atoms with Crippen LogP contribution in [-0.4, -0.2) is 61.2 Å². The summed E-state index contributed by atoms with van der Waals surface area (Å²) in [4.78, 5) is 12.0. The van der Waals surface area contributed by atoms with E-state index in [0.29, 0.717) is 25.3 Å². The van der Waals surface area contributed by atoms with E-state index in [4.69, 9.17) is 0 Å². The summed E-state index contributed by atoms with van der Waals surface area (Å²) in [7, 11) is -2.00. The molecule has 1 N–H and O–H groups in total. The number of anilines is 1. The molecule has 0 aromatic carbocycles. The van der Waals surface area contributed by atoms with Crippen LogP contribution in [0, 0.1) is 5.92 Å². The number of nitrogens with one attached hydrogen (secondary N) is 1. The maximum Gasteiger partial charge on any atom is 0.419 e.